The third-order valence-corrected chi connectivity index (χ3v) is 5.10. The fourth-order valence-corrected chi connectivity index (χ4v) is 3.77. The molecule has 0 saturated carbocycles. The van der Waals surface area contributed by atoms with Crippen LogP contribution < -0.4 is 0 Å². The molecule has 2 aromatic rings. The molecule has 0 aliphatic rings. The molecular weight excluding hydrogens is 262 g/mol. The van der Waals surface area contributed by atoms with Crippen molar-refractivity contribution < 1.29 is 13.5 Å². The van der Waals surface area contributed by atoms with Gasteiger partial charge in [-0.3, -0.25) is 0 Å². The Bertz CT molecular complexity index is 662. The van der Waals surface area contributed by atoms with Crippen LogP contribution in [0.1, 0.15) is 6.92 Å². The number of likely N-dealkylation sites (N-methyl/N-ethyl adjacent to an activating group) is 1. The lowest BCUT2D eigenvalue weighted by molar-refractivity contribution is 0.257. The standard InChI is InChI=1S/C14H17NO3S/c1-2-15(10-11-16)19(17,18)14-9-5-7-12-6-3-4-8-13(12)14/h3-9,16H,2,10-11H2,1H3. The van der Waals surface area contributed by atoms with Gasteiger partial charge < -0.3 is 5.11 Å². The summed E-state index contributed by atoms with van der Waals surface area (Å²) in [4.78, 5) is 0.293. The molecule has 2 rings (SSSR count). The Morgan fingerprint density at radius 3 is 2.47 bits per heavy atom. The van der Waals surface area contributed by atoms with Gasteiger partial charge in [-0.1, -0.05) is 43.3 Å². The summed E-state index contributed by atoms with van der Waals surface area (Å²) in [5.74, 6) is 0. The zero-order valence-corrected chi connectivity index (χ0v) is 11.6. The summed E-state index contributed by atoms with van der Waals surface area (Å²) < 4.78 is 26.5. The minimum Gasteiger partial charge on any atom is -0.395 e. The van der Waals surface area contributed by atoms with Gasteiger partial charge in [0.15, 0.2) is 0 Å². The van der Waals surface area contributed by atoms with E-state index in [9.17, 15) is 8.42 Å². The minimum absolute atomic E-state index is 0.113. The number of aliphatic hydroxyl groups is 1. The van der Waals surface area contributed by atoms with Gasteiger partial charge >= 0.3 is 0 Å². The molecule has 0 bridgehead atoms. The number of benzene rings is 2. The van der Waals surface area contributed by atoms with Gasteiger partial charge in [0.25, 0.3) is 0 Å². The van der Waals surface area contributed by atoms with Crippen LogP contribution in [-0.4, -0.2) is 37.5 Å². The van der Waals surface area contributed by atoms with Gasteiger partial charge in [0.1, 0.15) is 0 Å². The van der Waals surface area contributed by atoms with E-state index in [0.29, 0.717) is 16.8 Å². The maximum atomic E-state index is 12.6. The van der Waals surface area contributed by atoms with Crippen molar-refractivity contribution in [2.24, 2.45) is 0 Å². The van der Waals surface area contributed by atoms with Gasteiger partial charge in [0.05, 0.1) is 11.5 Å². The van der Waals surface area contributed by atoms with Crippen molar-refractivity contribution >= 4 is 20.8 Å². The zero-order valence-electron chi connectivity index (χ0n) is 10.8. The Morgan fingerprint density at radius 1 is 1.11 bits per heavy atom. The first-order chi connectivity index (χ1) is 9.11. The number of rotatable bonds is 5. The highest BCUT2D eigenvalue weighted by molar-refractivity contribution is 7.89. The van der Waals surface area contributed by atoms with Gasteiger partial charge in [0, 0.05) is 18.5 Å². The molecule has 0 saturated heterocycles. The lowest BCUT2D eigenvalue weighted by Gasteiger charge is -2.20. The zero-order chi connectivity index (χ0) is 13.9. The molecule has 0 spiro atoms. The average Bonchev–Trinajstić information content (AvgIpc) is 2.43. The Hall–Kier alpha value is -1.43. The van der Waals surface area contributed by atoms with E-state index in [4.69, 9.17) is 5.11 Å². The minimum atomic E-state index is -3.57. The molecule has 0 amide bonds. The fourth-order valence-electron chi connectivity index (χ4n) is 2.12. The maximum Gasteiger partial charge on any atom is 0.243 e. The van der Waals surface area contributed by atoms with E-state index in [-0.39, 0.29) is 13.2 Å². The lowest BCUT2D eigenvalue weighted by Crippen LogP contribution is -2.33. The quantitative estimate of drug-likeness (QED) is 0.908. The molecule has 0 aliphatic heterocycles. The molecule has 0 aliphatic carbocycles. The van der Waals surface area contributed by atoms with Crippen LogP contribution in [0.3, 0.4) is 0 Å². The van der Waals surface area contributed by atoms with Gasteiger partial charge in [-0.05, 0) is 11.5 Å². The van der Waals surface area contributed by atoms with Gasteiger partial charge in [-0.2, -0.15) is 4.31 Å². The number of hydrogen-bond donors (Lipinski definition) is 1. The van der Waals surface area contributed by atoms with Crippen LogP contribution in [0.25, 0.3) is 10.8 Å². The van der Waals surface area contributed by atoms with Crippen molar-refractivity contribution in [2.45, 2.75) is 11.8 Å². The monoisotopic (exact) mass is 279 g/mol. The summed E-state index contributed by atoms with van der Waals surface area (Å²) >= 11 is 0. The Balaban J connectivity index is 2.60. The van der Waals surface area contributed by atoms with Crippen LogP contribution >= 0.6 is 0 Å². The Labute approximate surface area is 113 Å². The van der Waals surface area contributed by atoms with Crippen LogP contribution in [0.4, 0.5) is 0 Å². The Kier molecular flexibility index (Phi) is 4.19. The van der Waals surface area contributed by atoms with Gasteiger partial charge in [-0.15, -0.1) is 0 Å². The summed E-state index contributed by atoms with van der Waals surface area (Å²) in [6.45, 7) is 2.03. The molecular formula is C14H17NO3S. The molecule has 5 heteroatoms. The van der Waals surface area contributed by atoms with Crippen molar-refractivity contribution in [3.8, 4) is 0 Å². The molecule has 0 unspecified atom stereocenters. The second kappa shape index (κ2) is 5.69. The van der Waals surface area contributed by atoms with Crippen molar-refractivity contribution in [3.63, 3.8) is 0 Å². The van der Waals surface area contributed by atoms with Crippen LogP contribution in [0.2, 0.25) is 0 Å². The summed E-state index contributed by atoms with van der Waals surface area (Å²) in [5.41, 5.74) is 0. The molecule has 0 radical (unpaired) electrons. The molecule has 2 aromatic carbocycles. The normalized spacial score (nSPS) is 12.2. The Morgan fingerprint density at radius 2 is 1.79 bits per heavy atom. The van der Waals surface area contributed by atoms with Crippen LogP contribution in [-0.2, 0) is 10.0 Å². The van der Waals surface area contributed by atoms with E-state index in [1.54, 1.807) is 25.1 Å². The number of hydrogen-bond acceptors (Lipinski definition) is 3. The summed E-state index contributed by atoms with van der Waals surface area (Å²) in [6, 6.07) is 12.6. The second-order valence-electron chi connectivity index (χ2n) is 4.20. The van der Waals surface area contributed by atoms with E-state index in [1.165, 1.54) is 4.31 Å². The molecule has 1 N–H and O–H groups in total. The molecule has 19 heavy (non-hydrogen) atoms. The molecule has 4 nitrogen and oxygen atoms in total. The smallest absolute Gasteiger partial charge is 0.243 e. The number of nitrogens with zero attached hydrogens (tertiary/aromatic N) is 1. The van der Waals surface area contributed by atoms with Gasteiger partial charge in [-0.25, -0.2) is 8.42 Å². The third-order valence-electron chi connectivity index (χ3n) is 3.07. The first kappa shape index (κ1) is 14.0. The van der Waals surface area contributed by atoms with E-state index in [1.807, 2.05) is 24.3 Å². The SMILES string of the molecule is CCN(CCO)S(=O)(=O)c1cccc2ccccc12. The predicted molar refractivity (Wildman–Crippen MR) is 75.5 cm³/mol. The van der Waals surface area contributed by atoms with Crippen LogP contribution in [0, 0.1) is 0 Å². The largest absolute Gasteiger partial charge is 0.395 e. The highest BCUT2D eigenvalue weighted by Crippen LogP contribution is 2.25. The molecule has 102 valence electrons. The fraction of sp³-hybridized carbons (Fsp3) is 0.286. The predicted octanol–water partition coefficient (Wildman–Crippen LogP) is 1.84. The second-order valence-corrected chi connectivity index (χ2v) is 6.10. The van der Waals surface area contributed by atoms with Crippen molar-refractivity contribution in [3.05, 3.63) is 42.5 Å². The van der Waals surface area contributed by atoms with Crippen molar-refractivity contribution in [1.29, 1.82) is 0 Å². The van der Waals surface area contributed by atoms with E-state index < -0.39 is 10.0 Å². The summed E-state index contributed by atoms with van der Waals surface area (Å²) in [6.07, 6.45) is 0. The van der Waals surface area contributed by atoms with Crippen molar-refractivity contribution in [1.82, 2.24) is 4.31 Å². The van der Waals surface area contributed by atoms with Gasteiger partial charge in [0.2, 0.25) is 10.0 Å². The number of sulfonamides is 1. The molecule has 0 aromatic heterocycles. The molecule has 0 atom stereocenters. The topological polar surface area (TPSA) is 57.6 Å². The third kappa shape index (κ3) is 2.63. The average molecular weight is 279 g/mol. The summed E-state index contributed by atoms with van der Waals surface area (Å²) in [5, 5.41) is 10.6. The highest BCUT2D eigenvalue weighted by Gasteiger charge is 2.24. The van der Waals surface area contributed by atoms with E-state index in [0.717, 1.165) is 5.39 Å². The number of fused-ring (bicyclic) bond motifs is 1. The number of aliphatic hydroxyl groups excluding tert-OH is 1. The molecule has 0 heterocycles. The van der Waals surface area contributed by atoms with Crippen LogP contribution in [0.5, 0.6) is 0 Å². The van der Waals surface area contributed by atoms with E-state index >= 15 is 0 Å². The highest BCUT2D eigenvalue weighted by atomic mass is 32.2. The van der Waals surface area contributed by atoms with Crippen LogP contribution in [0.15, 0.2) is 47.4 Å². The maximum absolute atomic E-state index is 12.6. The lowest BCUT2D eigenvalue weighted by atomic mass is 10.1. The first-order valence-electron chi connectivity index (χ1n) is 6.20. The summed E-state index contributed by atoms with van der Waals surface area (Å²) in [7, 11) is -3.57. The van der Waals surface area contributed by atoms with Crippen molar-refractivity contribution in [2.75, 3.05) is 19.7 Å². The molecule has 0 fully saturated rings. The first-order valence-corrected chi connectivity index (χ1v) is 7.64. The van der Waals surface area contributed by atoms with E-state index in [2.05, 4.69) is 0 Å².